The highest BCUT2D eigenvalue weighted by atomic mass is 79.9. The van der Waals surface area contributed by atoms with Crippen LogP contribution >= 0.6 is 15.9 Å². The first-order valence-corrected chi connectivity index (χ1v) is 15.3. The Morgan fingerprint density at radius 2 is 1.76 bits per heavy atom. The summed E-state index contributed by atoms with van der Waals surface area (Å²) in [5.41, 5.74) is 1.32. The molecule has 208 valence electrons. The molecular weight excluding hydrogens is 574 g/mol. The van der Waals surface area contributed by atoms with Gasteiger partial charge in [0.1, 0.15) is 19.3 Å². The zero-order chi connectivity index (χ0) is 27.9. The average Bonchev–Trinajstić information content (AvgIpc) is 2.86. The molecule has 0 saturated heterocycles. The second-order valence-electron chi connectivity index (χ2n) is 9.73. The molecule has 2 aromatic rings. The maximum Gasteiger partial charge on any atom is 0.242 e. The van der Waals surface area contributed by atoms with Crippen LogP contribution in [0, 0.1) is 5.92 Å². The predicted octanol–water partition coefficient (Wildman–Crippen LogP) is 3.96. The lowest BCUT2D eigenvalue weighted by Gasteiger charge is -2.30. The Hall–Kier alpha value is -2.79. The van der Waals surface area contributed by atoms with Crippen LogP contribution in [0.15, 0.2) is 46.9 Å². The minimum Gasteiger partial charge on any atom is -0.486 e. The Morgan fingerprint density at radius 3 is 2.42 bits per heavy atom. The first kappa shape index (κ1) is 29.8. The molecule has 9 nitrogen and oxygen atoms in total. The summed E-state index contributed by atoms with van der Waals surface area (Å²) >= 11 is 3.46. The molecule has 0 aliphatic carbocycles. The average molecular weight is 611 g/mol. The van der Waals surface area contributed by atoms with Crippen molar-refractivity contribution >= 4 is 43.5 Å². The maximum absolute atomic E-state index is 13.4. The molecule has 0 saturated carbocycles. The van der Waals surface area contributed by atoms with Gasteiger partial charge in [0.05, 0.1) is 11.9 Å². The Morgan fingerprint density at radius 1 is 1.05 bits per heavy atom. The molecule has 3 rings (SSSR count). The number of carbonyl (C=O) groups is 2. The highest BCUT2D eigenvalue weighted by molar-refractivity contribution is 9.10. The van der Waals surface area contributed by atoms with Gasteiger partial charge in [0.25, 0.3) is 0 Å². The number of benzene rings is 2. The van der Waals surface area contributed by atoms with Gasteiger partial charge in [0.15, 0.2) is 11.5 Å². The molecule has 1 N–H and O–H groups in total. The summed E-state index contributed by atoms with van der Waals surface area (Å²) in [4.78, 5) is 27.8. The normalized spacial score (nSPS) is 13.6. The van der Waals surface area contributed by atoms with Gasteiger partial charge in [-0.1, -0.05) is 41.9 Å². The molecule has 1 aliphatic rings. The fourth-order valence-electron chi connectivity index (χ4n) is 4.06. The van der Waals surface area contributed by atoms with Crippen LogP contribution in [-0.2, 0) is 26.2 Å². The molecular formula is C27H36BrN3O6S. The van der Waals surface area contributed by atoms with E-state index in [0.717, 1.165) is 16.3 Å². The summed E-state index contributed by atoms with van der Waals surface area (Å²) < 4.78 is 38.5. The smallest absolute Gasteiger partial charge is 0.242 e. The Labute approximate surface area is 233 Å². The van der Waals surface area contributed by atoms with Crippen LogP contribution in [0.4, 0.5) is 5.69 Å². The Bertz CT molecular complexity index is 1240. The fraction of sp³-hybridized carbons (Fsp3) is 0.481. The van der Waals surface area contributed by atoms with E-state index in [0.29, 0.717) is 36.9 Å². The monoisotopic (exact) mass is 609 g/mol. The minimum absolute atomic E-state index is 0.0758. The van der Waals surface area contributed by atoms with Gasteiger partial charge in [-0.05, 0) is 49.1 Å². The number of hydrogen-bond donors (Lipinski definition) is 1. The SMILES string of the molecule is CC(C)CNC(=O)[C@@H](C)N(Cc1cccc(Br)c1)C(=O)CCCN(c1ccc2c(c1)OCCO2)S(C)(=O)=O. The van der Waals surface area contributed by atoms with Crippen LogP contribution in [0.5, 0.6) is 11.5 Å². The van der Waals surface area contributed by atoms with E-state index < -0.39 is 16.1 Å². The summed E-state index contributed by atoms with van der Waals surface area (Å²) in [6.45, 7) is 7.42. The van der Waals surface area contributed by atoms with Crippen molar-refractivity contribution in [1.82, 2.24) is 10.2 Å². The lowest BCUT2D eigenvalue weighted by atomic mass is 10.1. The third kappa shape index (κ3) is 8.36. The summed E-state index contributed by atoms with van der Waals surface area (Å²) in [5, 5.41) is 2.90. The summed E-state index contributed by atoms with van der Waals surface area (Å²) in [6.07, 6.45) is 1.48. The third-order valence-corrected chi connectivity index (χ3v) is 7.75. The van der Waals surface area contributed by atoms with Crippen LogP contribution < -0.4 is 19.1 Å². The second-order valence-corrected chi connectivity index (χ2v) is 12.6. The molecule has 0 fully saturated rings. The number of halogens is 1. The predicted molar refractivity (Wildman–Crippen MR) is 151 cm³/mol. The zero-order valence-corrected chi connectivity index (χ0v) is 24.7. The summed E-state index contributed by atoms with van der Waals surface area (Å²) in [5.74, 6) is 0.878. The van der Waals surface area contributed by atoms with E-state index in [4.69, 9.17) is 9.47 Å². The molecule has 0 aromatic heterocycles. The van der Waals surface area contributed by atoms with Crippen molar-refractivity contribution in [2.24, 2.45) is 5.92 Å². The molecule has 0 unspecified atom stereocenters. The van der Waals surface area contributed by atoms with Gasteiger partial charge in [0, 0.05) is 36.6 Å². The Kier molecular flexibility index (Phi) is 10.4. The molecule has 1 aliphatic heterocycles. The molecule has 11 heteroatoms. The van der Waals surface area contributed by atoms with Crippen LogP contribution in [0.1, 0.15) is 39.2 Å². The number of nitrogens with zero attached hydrogens (tertiary/aromatic N) is 2. The number of hydrogen-bond acceptors (Lipinski definition) is 6. The molecule has 1 heterocycles. The number of rotatable bonds is 12. The van der Waals surface area contributed by atoms with Gasteiger partial charge in [-0.3, -0.25) is 13.9 Å². The highest BCUT2D eigenvalue weighted by Gasteiger charge is 2.27. The summed E-state index contributed by atoms with van der Waals surface area (Å²) in [7, 11) is -3.62. The van der Waals surface area contributed by atoms with E-state index in [1.807, 2.05) is 38.1 Å². The van der Waals surface area contributed by atoms with Gasteiger partial charge in [-0.2, -0.15) is 0 Å². The number of nitrogens with one attached hydrogen (secondary N) is 1. The van der Waals surface area contributed by atoms with Crippen molar-refractivity contribution in [3.63, 3.8) is 0 Å². The number of amides is 2. The van der Waals surface area contributed by atoms with Gasteiger partial charge in [0.2, 0.25) is 21.8 Å². The highest BCUT2D eigenvalue weighted by Crippen LogP contribution is 2.34. The molecule has 0 radical (unpaired) electrons. The van der Waals surface area contributed by atoms with Crippen LogP contribution in [0.25, 0.3) is 0 Å². The second kappa shape index (κ2) is 13.3. The van der Waals surface area contributed by atoms with Crippen LogP contribution in [0.2, 0.25) is 0 Å². The number of anilines is 1. The zero-order valence-electron chi connectivity index (χ0n) is 22.3. The maximum atomic E-state index is 13.4. The van der Waals surface area contributed by atoms with E-state index in [2.05, 4.69) is 21.2 Å². The minimum atomic E-state index is -3.62. The van der Waals surface area contributed by atoms with Crippen molar-refractivity contribution in [3.8, 4) is 11.5 Å². The van der Waals surface area contributed by atoms with Gasteiger partial charge in [-0.15, -0.1) is 0 Å². The Balaban J connectivity index is 1.73. The van der Waals surface area contributed by atoms with Gasteiger partial charge < -0.3 is 19.7 Å². The molecule has 2 amide bonds. The molecule has 1 atom stereocenters. The van der Waals surface area contributed by atoms with Crippen LogP contribution in [0.3, 0.4) is 0 Å². The van der Waals surface area contributed by atoms with Crippen molar-refractivity contribution in [3.05, 3.63) is 52.5 Å². The lowest BCUT2D eigenvalue weighted by Crippen LogP contribution is -2.48. The summed E-state index contributed by atoms with van der Waals surface area (Å²) in [6, 6.07) is 11.9. The first-order chi connectivity index (χ1) is 18.0. The first-order valence-electron chi connectivity index (χ1n) is 12.6. The van der Waals surface area contributed by atoms with E-state index in [-0.39, 0.29) is 43.7 Å². The van der Waals surface area contributed by atoms with Crippen molar-refractivity contribution in [2.45, 2.75) is 46.2 Å². The van der Waals surface area contributed by atoms with E-state index in [1.165, 1.54) is 4.31 Å². The topological polar surface area (TPSA) is 105 Å². The van der Waals surface area contributed by atoms with Gasteiger partial charge in [-0.25, -0.2) is 8.42 Å². The number of fused-ring (bicyclic) bond motifs is 1. The van der Waals surface area contributed by atoms with Crippen molar-refractivity contribution in [2.75, 3.05) is 36.9 Å². The van der Waals surface area contributed by atoms with Crippen molar-refractivity contribution in [1.29, 1.82) is 0 Å². The largest absolute Gasteiger partial charge is 0.486 e. The van der Waals surface area contributed by atoms with Crippen molar-refractivity contribution < 1.29 is 27.5 Å². The van der Waals surface area contributed by atoms with E-state index in [9.17, 15) is 18.0 Å². The number of carbonyl (C=O) groups excluding carboxylic acids is 2. The van der Waals surface area contributed by atoms with Gasteiger partial charge >= 0.3 is 0 Å². The van der Waals surface area contributed by atoms with E-state index >= 15 is 0 Å². The molecule has 0 spiro atoms. The molecule has 38 heavy (non-hydrogen) atoms. The quantitative estimate of drug-likeness (QED) is 0.390. The molecule has 2 aromatic carbocycles. The lowest BCUT2D eigenvalue weighted by molar-refractivity contribution is -0.140. The fourth-order valence-corrected chi connectivity index (χ4v) is 5.46. The number of sulfonamides is 1. The third-order valence-electron chi connectivity index (χ3n) is 6.06. The number of ether oxygens (including phenoxy) is 2. The van der Waals surface area contributed by atoms with Crippen LogP contribution in [-0.4, -0.2) is 63.7 Å². The molecule has 0 bridgehead atoms. The van der Waals surface area contributed by atoms with E-state index in [1.54, 1.807) is 30.0 Å². The standard InChI is InChI=1S/C27H36BrN3O6S/c1-19(2)17-29-27(33)20(3)30(18-21-7-5-8-22(28)15-21)26(32)9-6-12-31(38(4,34)35)23-10-11-24-25(16-23)37-14-13-36-24/h5,7-8,10-11,15-16,19-20H,6,9,12-14,17-18H2,1-4H3,(H,29,33)/t20-/m1/s1.